The van der Waals surface area contributed by atoms with E-state index in [0.29, 0.717) is 44.6 Å². The third-order valence-corrected chi connectivity index (χ3v) is 3.45. The summed E-state index contributed by atoms with van der Waals surface area (Å²) in [5.74, 6) is 0.0261. The fourth-order valence-corrected chi connectivity index (χ4v) is 2.14. The molecule has 3 N–H and O–H groups in total. The lowest BCUT2D eigenvalue weighted by Crippen LogP contribution is -2.34. The molecule has 1 rings (SSSR count). The van der Waals surface area contributed by atoms with E-state index in [4.69, 9.17) is 5.73 Å². The number of carbonyl (C=O) groups excluding carboxylic acids is 2. The maximum absolute atomic E-state index is 11.8. The number of aryl methyl sites for hydroxylation is 1. The summed E-state index contributed by atoms with van der Waals surface area (Å²) < 4.78 is 0. The highest BCUT2D eigenvalue weighted by Crippen LogP contribution is 2.12. The molecule has 5 heteroatoms. The summed E-state index contributed by atoms with van der Waals surface area (Å²) in [7, 11) is 0. The molecule has 0 fully saturated rings. The largest absolute Gasteiger partial charge is 0.399 e. The lowest BCUT2D eigenvalue weighted by Gasteiger charge is -2.18. The predicted molar refractivity (Wildman–Crippen MR) is 84.7 cm³/mol. The van der Waals surface area contributed by atoms with Crippen LogP contribution in [0.1, 0.15) is 32.3 Å². The zero-order valence-corrected chi connectivity index (χ0v) is 12.9. The van der Waals surface area contributed by atoms with E-state index in [-0.39, 0.29) is 11.8 Å². The second-order valence-corrected chi connectivity index (χ2v) is 4.86. The molecule has 0 aliphatic heterocycles. The van der Waals surface area contributed by atoms with Crippen molar-refractivity contribution in [1.29, 1.82) is 0 Å². The molecule has 0 aliphatic carbocycles. The maximum atomic E-state index is 11.8. The van der Waals surface area contributed by atoms with Crippen molar-refractivity contribution in [2.24, 2.45) is 0 Å². The number of anilines is 1. The summed E-state index contributed by atoms with van der Waals surface area (Å²) in [4.78, 5) is 25.3. The van der Waals surface area contributed by atoms with Gasteiger partial charge < -0.3 is 16.0 Å². The van der Waals surface area contributed by atoms with E-state index in [1.54, 1.807) is 4.90 Å². The van der Waals surface area contributed by atoms with E-state index >= 15 is 0 Å². The van der Waals surface area contributed by atoms with Crippen LogP contribution in [0, 0.1) is 0 Å². The van der Waals surface area contributed by atoms with Crippen LogP contribution >= 0.6 is 0 Å². The van der Waals surface area contributed by atoms with Crippen molar-refractivity contribution in [1.82, 2.24) is 10.2 Å². The Morgan fingerprint density at radius 3 is 2.43 bits per heavy atom. The number of carbonyl (C=O) groups is 2. The maximum Gasteiger partial charge on any atom is 0.224 e. The number of hydrogen-bond donors (Lipinski definition) is 2. The number of para-hydroxylation sites is 1. The molecule has 0 aromatic heterocycles. The molecule has 0 atom stereocenters. The van der Waals surface area contributed by atoms with Gasteiger partial charge in [-0.2, -0.15) is 0 Å². The van der Waals surface area contributed by atoms with Crippen LogP contribution in [0.4, 0.5) is 5.69 Å². The second kappa shape index (κ2) is 9.00. The van der Waals surface area contributed by atoms with Gasteiger partial charge in [0.15, 0.2) is 0 Å². The highest BCUT2D eigenvalue weighted by molar-refractivity contribution is 5.79. The topological polar surface area (TPSA) is 75.4 Å². The number of benzene rings is 1. The van der Waals surface area contributed by atoms with E-state index in [1.807, 2.05) is 38.1 Å². The number of nitrogens with one attached hydrogen (secondary N) is 1. The van der Waals surface area contributed by atoms with Gasteiger partial charge in [-0.3, -0.25) is 9.59 Å². The van der Waals surface area contributed by atoms with Gasteiger partial charge in [0.05, 0.1) is 0 Å². The van der Waals surface area contributed by atoms with Crippen LogP contribution in [0.25, 0.3) is 0 Å². The van der Waals surface area contributed by atoms with Gasteiger partial charge in [-0.15, -0.1) is 0 Å². The molecule has 116 valence electrons. The molecule has 21 heavy (non-hydrogen) atoms. The minimum Gasteiger partial charge on any atom is -0.399 e. The molecule has 0 heterocycles. The summed E-state index contributed by atoms with van der Waals surface area (Å²) >= 11 is 0. The Kier molecular flexibility index (Phi) is 7.29. The van der Waals surface area contributed by atoms with Gasteiger partial charge in [-0.25, -0.2) is 0 Å². The highest BCUT2D eigenvalue weighted by atomic mass is 16.2. The minimum atomic E-state index is -0.0504. The van der Waals surface area contributed by atoms with Gasteiger partial charge in [0.2, 0.25) is 11.8 Å². The summed E-state index contributed by atoms with van der Waals surface area (Å²) in [6.45, 7) is 5.69. The first-order chi connectivity index (χ1) is 10.1. The molecule has 0 radical (unpaired) electrons. The second-order valence-electron chi connectivity index (χ2n) is 4.86. The molecule has 1 aromatic carbocycles. The van der Waals surface area contributed by atoms with E-state index in [9.17, 15) is 9.59 Å². The zero-order chi connectivity index (χ0) is 15.7. The van der Waals surface area contributed by atoms with Gasteiger partial charge in [0.25, 0.3) is 0 Å². The smallest absolute Gasteiger partial charge is 0.224 e. The third-order valence-electron chi connectivity index (χ3n) is 3.45. The molecule has 5 nitrogen and oxygen atoms in total. The number of hydrogen-bond acceptors (Lipinski definition) is 3. The quantitative estimate of drug-likeness (QED) is 0.714. The fourth-order valence-electron chi connectivity index (χ4n) is 2.14. The van der Waals surface area contributed by atoms with Crippen LogP contribution in [-0.4, -0.2) is 36.3 Å². The van der Waals surface area contributed by atoms with Gasteiger partial charge in [-0.05, 0) is 31.9 Å². The van der Waals surface area contributed by atoms with Crippen molar-refractivity contribution in [2.75, 3.05) is 25.4 Å². The van der Waals surface area contributed by atoms with Crippen LogP contribution < -0.4 is 11.1 Å². The molecule has 2 amide bonds. The normalized spacial score (nSPS) is 10.2. The molecular weight excluding hydrogens is 266 g/mol. The molecular formula is C16H25N3O2. The van der Waals surface area contributed by atoms with Crippen LogP contribution in [0.2, 0.25) is 0 Å². The summed E-state index contributed by atoms with van der Waals surface area (Å²) in [5.41, 5.74) is 7.52. The fraction of sp³-hybridized carbons (Fsp3) is 0.500. The first-order valence-electron chi connectivity index (χ1n) is 7.46. The van der Waals surface area contributed by atoms with Crippen molar-refractivity contribution in [3.05, 3.63) is 29.8 Å². The lowest BCUT2D eigenvalue weighted by molar-refractivity contribution is -0.130. The Balaban J connectivity index is 2.26. The van der Waals surface area contributed by atoms with E-state index < -0.39 is 0 Å². The molecule has 0 saturated heterocycles. The number of rotatable bonds is 8. The standard InChI is InChI=1S/C16H25N3O2/c1-3-19(4-2)16(21)11-12-18-15(20)10-9-13-7-5-6-8-14(13)17/h5-8H,3-4,9-12,17H2,1-2H3,(H,18,20). The molecule has 0 unspecified atom stereocenters. The lowest BCUT2D eigenvalue weighted by atomic mass is 10.1. The Labute approximate surface area is 126 Å². The Morgan fingerprint density at radius 1 is 1.14 bits per heavy atom. The SMILES string of the molecule is CCN(CC)C(=O)CCNC(=O)CCc1ccccc1N. The Bertz CT molecular complexity index is 470. The number of nitrogen functional groups attached to an aromatic ring is 1. The van der Waals surface area contributed by atoms with Crippen molar-refractivity contribution in [2.45, 2.75) is 33.1 Å². The zero-order valence-electron chi connectivity index (χ0n) is 12.9. The van der Waals surface area contributed by atoms with Gasteiger partial charge in [-0.1, -0.05) is 18.2 Å². The van der Waals surface area contributed by atoms with Crippen molar-refractivity contribution >= 4 is 17.5 Å². The Morgan fingerprint density at radius 2 is 1.81 bits per heavy atom. The minimum absolute atomic E-state index is 0.0504. The molecule has 0 aliphatic rings. The van der Waals surface area contributed by atoms with E-state index in [1.165, 1.54) is 0 Å². The highest BCUT2D eigenvalue weighted by Gasteiger charge is 2.10. The number of nitrogens with two attached hydrogens (primary N) is 1. The average Bonchev–Trinajstić information content (AvgIpc) is 2.47. The number of nitrogens with zero attached hydrogens (tertiary/aromatic N) is 1. The van der Waals surface area contributed by atoms with E-state index in [0.717, 1.165) is 5.56 Å². The molecule has 0 spiro atoms. The Hall–Kier alpha value is -2.04. The van der Waals surface area contributed by atoms with Crippen LogP contribution in [0.3, 0.4) is 0 Å². The monoisotopic (exact) mass is 291 g/mol. The first kappa shape index (κ1) is 17.0. The van der Waals surface area contributed by atoms with E-state index in [2.05, 4.69) is 5.32 Å². The van der Waals surface area contributed by atoms with Crippen LogP contribution in [0.5, 0.6) is 0 Å². The first-order valence-corrected chi connectivity index (χ1v) is 7.46. The molecule has 1 aromatic rings. The van der Waals surface area contributed by atoms with Gasteiger partial charge >= 0.3 is 0 Å². The van der Waals surface area contributed by atoms with Crippen molar-refractivity contribution in [3.8, 4) is 0 Å². The van der Waals surface area contributed by atoms with Crippen molar-refractivity contribution < 1.29 is 9.59 Å². The van der Waals surface area contributed by atoms with Gasteiger partial charge in [0.1, 0.15) is 0 Å². The number of amides is 2. The van der Waals surface area contributed by atoms with Crippen molar-refractivity contribution in [3.63, 3.8) is 0 Å². The summed E-state index contributed by atoms with van der Waals surface area (Å²) in [5, 5.41) is 2.78. The third kappa shape index (κ3) is 5.85. The molecule has 0 saturated carbocycles. The summed E-state index contributed by atoms with van der Waals surface area (Å²) in [6, 6.07) is 7.53. The van der Waals surface area contributed by atoms with Gasteiger partial charge in [0, 0.05) is 38.2 Å². The molecule has 0 bridgehead atoms. The average molecular weight is 291 g/mol. The van der Waals surface area contributed by atoms with Crippen LogP contribution in [0.15, 0.2) is 24.3 Å². The predicted octanol–water partition coefficient (Wildman–Crippen LogP) is 1.58. The summed E-state index contributed by atoms with van der Waals surface area (Å²) in [6.07, 6.45) is 1.34. The van der Waals surface area contributed by atoms with Crippen LogP contribution in [-0.2, 0) is 16.0 Å².